The third kappa shape index (κ3) is 3.95. The second-order valence-corrected chi connectivity index (χ2v) is 3.62. The van der Waals surface area contributed by atoms with E-state index in [1.54, 1.807) is 18.2 Å². The van der Waals surface area contributed by atoms with Gasteiger partial charge in [-0.2, -0.15) is 0 Å². The van der Waals surface area contributed by atoms with Crippen LogP contribution in [-0.4, -0.2) is 17.7 Å². The summed E-state index contributed by atoms with van der Waals surface area (Å²) >= 11 is 5.97. The van der Waals surface area contributed by atoms with Crippen molar-refractivity contribution in [1.82, 2.24) is 0 Å². The summed E-state index contributed by atoms with van der Waals surface area (Å²) in [6.07, 6.45) is 3.47. The molecule has 0 atom stereocenters. The number of benzene rings is 1. The van der Waals surface area contributed by atoms with Crippen LogP contribution >= 0.6 is 11.6 Å². The monoisotopic (exact) mass is 240 g/mol. The minimum absolute atomic E-state index is 0.487. The van der Waals surface area contributed by atoms with Crippen molar-refractivity contribution >= 4 is 23.6 Å². The van der Waals surface area contributed by atoms with Crippen LogP contribution in [0.15, 0.2) is 24.3 Å². The van der Waals surface area contributed by atoms with Crippen molar-refractivity contribution in [3.8, 4) is 5.75 Å². The van der Waals surface area contributed by atoms with Crippen LogP contribution in [0.2, 0.25) is 5.02 Å². The predicted molar refractivity (Wildman–Crippen MR) is 63.9 cm³/mol. The van der Waals surface area contributed by atoms with Gasteiger partial charge in [0.05, 0.1) is 11.6 Å². The van der Waals surface area contributed by atoms with Crippen LogP contribution in [0, 0.1) is 0 Å². The summed E-state index contributed by atoms with van der Waals surface area (Å²) in [7, 11) is 0. The van der Waals surface area contributed by atoms with Gasteiger partial charge in [-0.25, -0.2) is 4.79 Å². The summed E-state index contributed by atoms with van der Waals surface area (Å²) < 4.78 is 5.39. The number of hydrogen-bond acceptors (Lipinski definition) is 2. The Kier molecular flexibility index (Phi) is 4.86. The van der Waals surface area contributed by atoms with Crippen molar-refractivity contribution < 1.29 is 14.6 Å². The highest BCUT2D eigenvalue weighted by Gasteiger charge is 2.01. The number of aliphatic carboxylic acids is 1. The molecule has 0 spiro atoms. The lowest BCUT2D eigenvalue weighted by molar-refractivity contribution is -0.131. The molecule has 1 N–H and O–H groups in total. The summed E-state index contributed by atoms with van der Waals surface area (Å²) in [6, 6.07) is 5.17. The molecule has 16 heavy (non-hydrogen) atoms. The van der Waals surface area contributed by atoms with Gasteiger partial charge in [-0.15, -0.1) is 0 Å². The number of carboxylic acid groups (broad SMARTS) is 1. The van der Waals surface area contributed by atoms with E-state index < -0.39 is 5.97 Å². The highest BCUT2D eigenvalue weighted by atomic mass is 35.5. The van der Waals surface area contributed by atoms with Gasteiger partial charge >= 0.3 is 5.97 Å². The first kappa shape index (κ1) is 12.6. The molecule has 4 heteroatoms. The van der Waals surface area contributed by atoms with Gasteiger partial charge in [0.2, 0.25) is 0 Å². The van der Waals surface area contributed by atoms with Crippen molar-refractivity contribution in [1.29, 1.82) is 0 Å². The van der Waals surface area contributed by atoms with Crippen molar-refractivity contribution in [3.63, 3.8) is 0 Å². The van der Waals surface area contributed by atoms with E-state index in [0.29, 0.717) is 17.4 Å². The maximum Gasteiger partial charge on any atom is 0.328 e. The smallest absolute Gasteiger partial charge is 0.328 e. The fourth-order valence-electron chi connectivity index (χ4n) is 1.12. The Hall–Kier alpha value is -1.48. The molecule has 0 aliphatic heterocycles. The maximum absolute atomic E-state index is 10.3. The van der Waals surface area contributed by atoms with Crippen LogP contribution in [0.25, 0.3) is 6.08 Å². The highest BCUT2D eigenvalue weighted by Crippen LogP contribution is 2.26. The summed E-state index contributed by atoms with van der Waals surface area (Å²) in [5.74, 6) is -0.363. The van der Waals surface area contributed by atoms with Crippen molar-refractivity contribution in [2.24, 2.45) is 0 Å². The van der Waals surface area contributed by atoms with E-state index in [9.17, 15) is 4.79 Å². The molecule has 0 unspecified atom stereocenters. The third-order valence-electron chi connectivity index (χ3n) is 1.84. The number of halogens is 1. The van der Waals surface area contributed by atoms with Crippen LogP contribution in [0.1, 0.15) is 18.9 Å². The molecule has 0 aliphatic carbocycles. The molecule has 1 rings (SSSR count). The van der Waals surface area contributed by atoms with E-state index in [0.717, 1.165) is 18.1 Å². The zero-order chi connectivity index (χ0) is 12.0. The fourth-order valence-corrected chi connectivity index (χ4v) is 1.36. The Labute approximate surface area is 99.3 Å². The first-order chi connectivity index (χ1) is 7.63. The fraction of sp³-hybridized carbons (Fsp3) is 0.250. The summed E-state index contributed by atoms with van der Waals surface area (Å²) in [4.78, 5) is 10.3. The van der Waals surface area contributed by atoms with Crippen LogP contribution < -0.4 is 4.74 Å². The zero-order valence-electron chi connectivity index (χ0n) is 8.94. The molecule has 0 aliphatic rings. The average Bonchev–Trinajstić information content (AvgIpc) is 2.25. The summed E-state index contributed by atoms with van der Waals surface area (Å²) in [6.45, 7) is 2.63. The van der Waals surface area contributed by atoms with E-state index in [-0.39, 0.29) is 0 Å². The van der Waals surface area contributed by atoms with E-state index in [4.69, 9.17) is 21.4 Å². The predicted octanol–water partition coefficient (Wildman–Crippen LogP) is 3.23. The summed E-state index contributed by atoms with van der Waals surface area (Å²) in [5, 5.41) is 8.96. The van der Waals surface area contributed by atoms with Crippen molar-refractivity contribution in [3.05, 3.63) is 34.9 Å². The largest absolute Gasteiger partial charge is 0.492 e. The van der Waals surface area contributed by atoms with E-state index in [1.165, 1.54) is 6.08 Å². The Morgan fingerprint density at radius 2 is 2.31 bits per heavy atom. The number of ether oxygens (including phenoxy) is 1. The number of rotatable bonds is 5. The van der Waals surface area contributed by atoms with E-state index in [1.807, 2.05) is 6.92 Å². The summed E-state index contributed by atoms with van der Waals surface area (Å²) in [5.41, 5.74) is 0.733. The molecule has 1 aromatic carbocycles. The van der Waals surface area contributed by atoms with E-state index >= 15 is 0 Å². The second kappa shape index (κ2) is 6.18. The van der Waals surface area contributed by atoms with Gasteiger partial charge in [0.25, 0.3) is 0 Å². The third-order valence-corrected chi connectivity index (χ3v) is 2.13. The average molecular weight is 241 g/mol. The number of hydrogen-bond donors (Lipinski definition) is 1. The van der Waals surface area contributed by atoms with Crippen molar-refractivity contribution in [2.75, 3.05) is 6.61 Å². The quantitative estimate of drug-likeness (QED) is 0.804. The van der Waals surface area contributed by atoms with Crippen molar-refractivity contribution in [2.45, 2.75) is 13.3 Å². The highest BCUT2D eigenvalue weighted by molar-refractivity contribution is 6.32. The molecule has 3 nitrogen and oxygen atoms in total. The lowest BCUT2D eigenvalue weighted by Crippen LogP contribution is -1.95. The molecule has 0 bridgehead atoms. The molecule has 0 heterocycles. The molecule has 0 radical (unpaired) electrons. The molecule has 1 aromatic rings. The van der Waals surface area contributed by atoms with Gasteiger partial charge in [-0.1, -0.05) is 24.6 Å². The SMILES string of the molecule is CCCOc1ccc(C=CC(=O)O)cc1Cl. The molecule has 0 aromatic heterocycles. The van der Waals surface area contributed by atoms with Gasteiger partial charge < -0.3 is 9.84 Å². The first-order valence-electron chi connectivity index (χ1n) is 4.97. The van der Waals surface area contributed by atoms with Gasteiger partial charge in [0.1, 0.15) is 5.75 Å². The van der Waals surface area contributed by atoms with Gasteiger partial charge in [0.15, 0.2) is 0 Å². The molecule has 0 amide bonds. The van der Waals surface area contributed by atoms with Crippen LogP contribution in [0.5, 0.6) is 5.75 Å². The van der Waals surface area contributed by atoms with Crippen LogP contribution in [0.3, 0.4) is 0 Å². The first-order valence-corrected chi connectivity index (χ1v) is 5.34. The molecular weight excluding hydrogens is 228 g/mol. The Bertz CT molecular complexity index is 399. The number of carboxylic acids is 1. The Morgan fingerprint density at radius 3 is 2.88 bits per heavy atom. The minimum atomic E-state index is -0.984. The van der Waals surface area contributed by atoms with Gasteiger partial charge in [-0.3, -0.25) is 0 Å². The molecule has 0 saturated carbocycles. The minimum Gasteiger partial charge on any atom is -0.492 e. The van der Waals surface area contributed by atoms with Crippen LogP contribution in [0.4, 0.5) is 0 Å². The lowest BCUT2D eigenvalue weighted by Gasteiger charge is -2.06. The van der Waals surface area contributed by atoms with E-state index in [2.05, 4.69) is 0 Å². The zero-order valence-corrected chi connectivity index (χ0v) is 9.70. The lowest BCUT2D eigenvalue weighted by atomic mass is 10.2. The van der Waals surface area contributed by atoms with Crippen LogP contribution in [-0.2, 0) is 4.79 Å². The Morgan fingerprint density at radius 1 is 1.56 bits per heavy atom. The van der Waals surface area contributed by atoms with Gasteiger partial charge in [-0.05, 0) is 30.2 Å². The standard InChI is InChI=1S/C12H13ClO3/c1-2-7-16-11-5-3-9(8-10(11)13)4-6-12(14)15/h3-6,8H,2,7H2,1H3,(H,14,15). The number of carbonyl (C=O) groups is 1. The molecule has 0 saturated heterocycles. The van der Waals surface area contributed by atoms with Gasteiger partial charge in [0, 0.05) is 6.08 Å². The topological polar surface area (TPSA) is 46.5 Å². The Balaban J connectivity index is 2.78. The normalized spacial score (nSPS) is 10.6. The second-order valence-electron chi connectivity index (χ2n) is 3.21. The molecule has 86 valence electrons. The maximum atomic E-state index is 10.3. The molecule has 0 fully saturated rings. The molecular formula is C12H13ClO3.